The van der Waals surface area contributed by atoms with E-state index in [1.807, 2.05) is 54.6 Å². The number of anilines is 1. The smallest absolute Gasteiger partial charge is 0.246 e. The lowest BCUT2D eigenvalue weighted by molar-refractivity contribution is -0.118. The molecule has 0 spiro atoms. The van der Waals surface area contributed by atoms with Crippen LogP contribution in [0.5, 0.6) is 5.75 Å². The van der Waals surface area contributed by atoms with E-state index in [4.69, 9.17) is 4.74 Å². The first-order valence-electron chi connectivity index (χ1n) is 10.6. The molecule has 1 saturated heterocycles. The first kappa shape index (κ1) is 21.3. The second-order valence-corrected chi connectivity index (χ2v) is 7.89. The number of nitrogens with zero attached hydrogens (tertiary/aromatic N) is 1. The number of carbonyl (C=O) groups is 1. The molecule has 0 radical (unpaired) electrons. The highest BCUT2D eigenvalue weighted by Crippen LogP contribution is 2.19. The summed E-state index contributed by atoms with van der Waals surface area (Å²) in [5.74, 6) is 1.58. The zero-order valence-corrected chi connectivity index (χ0v) is 17.6. The number of methoxy groups -OCH3 is 1. The standard InChI is InChI=1S/C24H33N3O2/c1-19-13-17-27(18-14-19)16-6-15-25-23(20-7-4-3-5-8-20)24(28)26-21-9-11-22(29-2)12-10-21/h3-5,7-12,19,23,25H,6,13-18H2,1-2H3,(H,26,28)/t23-/m1/s1. The summed E-state index contributed by atoms with van der Waals surface area (Å²) in [5.41, 5.74) is 1.74. The Balaban J connectivity index is 1.55. The molecule has 0 bridgehead atoms. The fourth-order valence-corrected chi connectivity index (χ4v) is 3.73. The zero-order valence-electron chi connectivity index (χ0n) is 17.6. The molecule has 1 aliphatic rings. The quantitative estimate of drug-likeness (QED) is 0.628. The number of hydrogen-bond donors (Lipinski definition) is 2. The van der Waals surface area contributed by atoms with Gasteiger partial charge in [-0.05, 0) is 81.2 Å². The molecule has 29 heavy (non-hydrogen) atoms. The van der Waals surface area contributed by atoms with Gasteiger partial charge in [0.05, 0.1) is 7.11 Å². The number of likely N-dealkylation sites (tertiary alicyclic amines) is 1. The molecule has 2 aromatic rings. The molecule has 1 heterocycles. The van der Waals surface area contributed by atoms with Gasteiger partial charge in [-0.1, -0.05) is 37.3 Å². The van der Waals surface area contributed by atoms with Crippen LogP contribution in [0.2, 0.25) is 0 Å². The first-order chi connectivity index (χ1) is 14.2. The second-order valence-electron chi connectivity index (χ2n) is 7.89. The van der Waals surface area contributed by atoms with Gasteiger partial charge in [-0.3, -0.25) is 4.79 Å². The summed E-state index contributed by atoms with van der Waals surface area (Å²) in [5, 5.41) is 6.48. The Morgan fingerprint density at radius 2 is 1.79 bits per heavy atom. The fraction of sp³-hybridized carbons (Fsp3) is 0.458. The number of amides is 1. The number of ether oxygens (including phenoxy) is 1. The summed E-state index contributed by atoms with van der Waals surface area (Å²) in [6.45, 7) is 6.62. The number of nitrogens with one attached hydrogen (secondary N) is 2. The molecule has 156 valence electrons. The molecule has 0 saturated carbocycles. The lowest BCUT2D eigenvalue weighted by Crippen LogP contribution is -2.37. The molecule has 0 aromatic heterocycles. The normalized spacial score (nSPS) is 16.3. The zero-order chi connectivity index (χ0) is 20.5. The van der Waals surface area contributed by atoms with Crippen LogP contribution < -0.4 is 15.4 Å². The van der Waals surface area contributed by atoms with Crippen LogP contribution in [0.1, 0.15) is 37.8 Å². The molecule has 0 unspecified atom stereocenters. The third-order valence-corrected chi connectivity index (χ3v) is 5.63. The Morgan fingerprint density at radius 3 is 2.45 bits per heavy atom. The van der Waals surface area contributed by atoms with Gasteiger partial charge in [0.15, 0.2) is 0 Å². The SMILES string of the molecule is COc1ccc(NC(=O)[C@H](NCCCN2CCC(C)CC2)c2ccccc2)cc1. The molecule has 1 aliphatic heterocycles. The van der Waals surface area contributed by atoms with Gasteiger partial charge < -0.3 is 20.3 Å². The molecule has 2 aromatic carbocycles. The molecule has 1 atom stereocenters. The number of piperidine rings is 1. The van der Waals surface area contributed by atoms with Crippen LogP contribution in [0.3, 0.4) is 0 Å². The Bertz CT molecular complexity index is 740. The van der Waals surface area contributed by atoms with E-state index < -0.39 is 0 Å². The maximum atomic E-state index is 13.0. The summed E-state index contributed by atoms with van der Waals surface area (Å²) in [6.07, 6.45) is 3.63. The maximum Gasteiger partial charge on any atom is 0.246 e. The number of hydrogen-bond acceptors (Lipinski definition) is 4. The van der Waals surface area contributed by atoms with E-state index in [0.29, 0.717) is 0 Å². The van der Waals surface area contributed by atoms with E-state index in [-0.39, 0.29) is 11.9 Å². The Morgan fingerprint density at radius 1 is 1.10 bits per heavy atom. The average Bonchev–Trinajstić information content (AvgIpc) is 2.76. The Labute approximate surface area is 174 Å². The first-order valence-corrected chi connectivity index (χ1v) is 10.6. The van der Waals surface area contributed by atoms with Gasteiger partial charge in [-0.25, -0.2) is 0 Å². The minimum Gasteiger partial charge on any atom is -0.497 e. The van der Waals surface area contributed by atoms with Crippen molar-refractivity contribution in [2.45, 2.75) is 32.2 Å². The van der Waals surface area contributed by atoms with Gasteiger partial charge in [0.25, 0.3) is 0 Å². The molecule has 1 amide bonds. The highest BCUT2D eigenvalue weighted by atomic mass is 16.5. The van der Waals surface area contributed by atoms with Gasteiger partial charge in [-0.15, -0.1) is 0 Å². The van der Waals surface area contributed by atoms with Crippen molar-refractivity contribution in [3.05, 3.63) is 60.2 Å². The topological polar surface area (TPSA) is 53.6 Å². The van der Waals surface area contributed by atoms with Gasteiger partial charge in [0.1, 0.15) is 11.8 Å². The van der Waals surface area contributed by atoms with Crippen LogP contribution in [0, 0.1) is 5.92 Å². The Hall–Kier alpha value is -2.37. The number of carbonyl (C=O) groups excluding carboxylic acids is 1. The largest absolute Gasteiger partial charge is 0.497 e. The van der Waals surface area contributed by atoms with Gasteiger partial charge in [0, 0.05) is 5.69 Å². The summed E-state index contributed by atoms with van der Waals surface area (Å²) < 4.78 is 5.18. The number of rotatable bonds is 9. The molecular formula is C24H33N3O2. The van der Waals surface area contributed by atoms with Crippen LogP contribution in [-0.2, 0) is 4.79 Å². The molecule has 1 fully saturated rings. The monoisotopic (exact) mass is 395 g/mol. The summed E-state index contributed by atoms with van der Waals surface area (Å²) in [4.78, 5) is 15.5. The summed E-state index contributed by atoms with van der Waals surface area (Å²) >= 11 is 0. The third kappa shape index (κ3) is 6.58. The highest BCUT2D eigenvalue weighted by molar-refractivity contribution is 5.95. The lowest BCUT2D eigenvalue weighted by Gasteiger charge is -2.30. The van der Waals surface area contributed by atoms with Crippen molar-refractivity contribution in [2.24, 2.45) is 5.92 Å². The minimum atomic E-state index is -0.375. The predicted octanol–water partition coefficient (Wildman–Crippen LogP) is 4.09. The van der Waals surface area contributed by atoms with E-state index >= 15 is 0 Å². The van der Waals surface area contributed by atoms with Gasteiger partial charge >= 0.3 is 0 Å². The van der Waals surface area contributed by atoms with E-state index in [1.165, 1.54) is 25.9 Å². The van der Waals surface area contributed by atoms with Crippen molar-refractivity contribution in [1.82, 2.24) is 10.2 Å². The fourth-order valence-electron chi connectivity index (χ4n) is 3.73. The predicted molar refractivity (Wildman–Crippen MR) is 118 cm³/mol. The van der Waals surface area contributed by atoms with Crippen molar-refractivity contribution in [1.29, 1.82) is 0 Å². The van der Waals surface area contributed by atoms with Crippen molar-refractivity contribution < 1.29 is 9.53 Å². The summed E-state index contributed by atoms with van der Waals surface area (Å²) in [6, 6.07) is 16.9. The van der Waals surface area contributed by atoms with Crippen LogP contribution in [0.25, 0.3) is 0 Å². The second kappa shape index (κ2) is 11.0. The van der Waals surface area contributed by atoms with Crippen molar-refractivity contribution in [2.75, 3.05) is 38.6 Å². The number of benzene rings is 2. The van der Waals surface area contributed by atoms with E-state index in [0.717, 1.165) is 42.4 Å². The molecule has 5 heteroatoms. The van der Waals surface area contributed by atoms with Crippen LogP contribution >= 0.6 is 0 Å². The lowest BCUT2D eigenvalue weighted by atomic mass is 9.99. The maximum absolute atomic E-state index is 13.0. The molecule has 3 rings (SSSR count). The van der Waals surface area contributed by atoms with Crippen molar-refractivity contribution in [3.63, 3.8) is 0 Å². The highest BCUT2D eigenvalue weighted by Gasteiger charge is 2.20. The van der Waals surface area contributed by atoms with E-state index in [1.54, 1.807) is 7.11 Å². The minimum absolute atomic E-state index is 0.0480. The van der Waals surface area contributed by atoms with Gasteiger partial charge in [0.2, 0.25) is 5.91 Å². The summed E-state index contributed by atoms with van der Waals surface area (Å²) in [7, 11) is 1.63. The molecule has 5 nitrogen and oxygen atoms in total. The Kier molecular flexibility index (Phi) is 8.08. The van der Waals surface area contributed by atoms with E-state index in [9.17, 15) is 4.79 Å². The molecular weight excluding hydrogens is 362 g/mol. The van der Waals surface area contributed by atoms with Crippen molar-refractivity contribution in [3.8, 4) is 5.75 Å². The molecule has 2 N–H and O–H groups in total. The molecule has 0 aliphatic carbocycles. The average molecular weight is 396 g/mol. The van der Waals surface area contributed by atoms with Gasteiger partial charge in [-0.2, -0.15) is 0 Å². The van der Waals surface area contributed by atoms with Crippen molar-refractivity contribution >= 4 is 11.6 Å². The van der Waals surface area contributed by atoms with E-state index in [2.05, 4.69) is 22.5 Å². The van der Waals surface area contributed by atoms with Crippen LogP contribution in [-0.4, -0.2) is 44.1 Å². The van der Waals surface area contributed by atoms with Crippen LogP contribution in [0.15, 0.2) is 54.6 Å². The third-order valence-electron chi connectivity index (χ3n) is 5.63. The van der Waals surface area contributed by atoms with Crippen LogP contribution in [0.4, 0.5) is 5.69 Å².